The number of hydrogen-bond acceptors (Lipinski definition) is 4. The van der Waals surface area contributed by atoms with Gasteiger partial charge in [-0.25, -0.2) is 13.6 Å². The fraction of sp³-hybridized carbons (Fsp3) is 0.462. The lowest BCUT2D eigenvalue weighted by Gasteiger charge is -2.14. The van der Waals surface area contributed by atoms with Gasteiger partial charge in [-0.1, -0.05) is 0 Å². The van der Waals surface area contributed by atoms with Crippen molar-refractivity contribution in [1.82, 2.24) is 5.32 Å². The van der Waals surface area contributed by atoms with Crippen LogP contribution in [0.4, 0.5) is 0 Å². The molecule has 0 spiro atoms. The smallest absolute Gasteiger partial charge is 0.251 e. The average Bonchev–Trinajstić information content (AvgIpc) is 2.37. The van der Waals surface area contributed by atoms with E-state index in [1.54, 1.807) is 21.0 Å². The lowest BCUT2D eigenvalue weighted by Crippen LogP contribution is -2.32. The molecule has 0 radical (unpaired) electrons. The highest BCUT2D eigenvalue weighted by Crippen LogP contribution is 2.19. The van der Waals surface area contributed by atoms with Gasteiger partial charge in [-0.2, -0.15) is 0 Å². The summed E-state index contributed by atoms with van der Waals surface area (Å²) in [4.78, 5) is 12.1. The molecule has 7 heteroatoms. The van der Waals surface area contributed by atoms with E-state index in [9.17, 15) is 13.2 Å². The number of hydrogen-bond donors (Lipinski definition) is 2. The summed E-state index contributed by atoms with van der Waals surface area (Å²) >= 11 is 0. The number of methoxy groups -OCH3 is 1. The Morgan fingerprint density at radius 3 is 2.50 bits per heavy atom. The van der Waals surface area contributed by atoms with Crippen LogP contribution in [0.3, 0.4) is 0 Å². The Labute approximate surface area is 119 Å². The maximum absolute atomic E-state index is 12.1. The largest absolute Gasteiger partial charge is 0.380 e. The lowest BCUT2D eigenvalue weighted by molar-refractivity contribution is 0.0869. The van der Waals surface area contributed by atoms with Crippen LogP contribution in [0.5, 0.6) is 0 Å². The lowest BCUT2D eigenvalue weighted by atomic mass is 10.0. The van der Waals surface area contributed by atoms with Crippen LogP contribution in [0.25, 0.3) is 0 Å². The molecular weight excluding hydrogens is 280 g/mol. The monoisotopic (exact) mass is 300 g/mol. The molecule has 3 N–H and O–H groups in total. The SMILES string of the molecule is COC(C)CNC(=O)c1cc(S(N)(=O)=O)cc(C)c1C. The third kappa shape index (κ3) is 4.03. The predicted molar refractivity (Wildman–Crippen MR) is 76.1 cm³/mol. The fourth-order valence-electron chi connectivity index (χ4n) is 1.64. The van der Waals surface area contributed by atoms with Crippen LogP contribution in [-0.4, -0.2) is 34.1 Å². The number of carbonyl (C=O) groups excluding carboxylic acids is 1. The fourth-order valence-corrected chi connectivity index (χ4v) is 2.26. The van der Waals surface area contributed by atoms with Gasteiger partial charge in [0.25, 0.3) is 5.91 Å². The number of aryl methyl sites for hydroxylation is 1. The maximum Gasteiger partial charge on any atom is 0.251 e. The van der Waals surface area contributed by atoms with E-state index in [4.69, 9.17) is 9.88 Å². The maximum atomic E-state index is 12.1. The Kier molecular flexibility index (Phi) is 5.27. The summed E-state index contributed by atoms with van der Waals surface area (Å²) in [6.07, 6.45) is -0.123. The number of ether oxygens (including phenoxy) is 1. The van der Waals surface area contributed by atoms with Crippen molar-refractivity contribution in [1.29, 1.82) is 0 Å². The normalized spacial score (nSPS) is 13.1. The van der Waals surface area contributed by atoms with Gasteiger partial charge in [-0.3, -0.25) is 4.79 Å². The molecule has 20 heavy (non-hydrogen) atoms. The molecule has 1 aromatic carbocycles. The van der Waals surface area contributed by atoms with E-state index in [0.29, 0.717) is 17.7 Å². The summed E-state index contributed by atoms with van der Waals surface area (Å²) < 4.78 is 27.9. The van der Waals surface area contributed by atoms with E-state index < -0.39 is 10.0 Å². The summed E-state index contributed by atoms with van der Waals surface area (Å²) in [6, 6.07) is 2.75. The van der Waals surface area contributed by atoms with Gasteiger partial charge in [0.15, 0.2) is 0 Å². The highest BCUT2D eigenvalue weighted by Gasteiger charge is 2.17. The first-order valence-electron chi connectivity index (χ1n) is 6.12. The van der Waals surface area contributed by atoms with Gasteiger partial charge < -0.3 is 10.1 Å². The number of rotatable bonds is 5. The summed E-state index contributed by atoms with van der Waals surface area (Å²) in [7, 11) is -2.29. The van der Waals surface area contributed by atoms with E-state index in [-0.39, 0.29) is 16.9 Å². The van der Waals surface area contributed by atoms with Crippen molar-refractivity contribution in [2.75, 3.05) is 13.7 Å². The zero-order valence-electron chi connectivity index (χ0n) is 12.1. The molecule has 0 saturated heterocycles. The van der Waals surface area contributed by atoms with Crippen molar-refractivity contribution in [3.8, 4) is 0 Å². The van der Waals surface area contributed by atoms with Gasteiger partial charge in [0, 0.05) is 19.2 Å². The first-order chi connectivity index (χ1) is 9.16. The zero-order chi connectivity index (χ0) is 15.5. The Bertz CT molecular complexity index is 611. The molecule has 112 valence electrons. The second-order valence-electron chi connectivity index (χ2n) is 4.71. The van der Waals surface area contributed by atoms with Gasteiger partial charge >= 0.3 is 0 Å². The Morgan fingerprint density at radius 1 is 1.40 bits per heavy atom. The number of sulfonamides is 1. The molecule has 0 aromatic heterocycles. The third-order valence-electron chi connectivity index (χ3n) is 3.17. The number of nitrogens with one attached hydrogen (secondary N) is 1. The molecule has 0 saturated carbocycles. The van der Waals surface area contributed by atoms with Gasteiger partial charge in [0.1, 0.15) is 0 Å². The molecule has 1 rings (SSSR count). The number of benzene rings is 1. The summed E-state index contributed by atoms with van der Waals surface area (Å²) in [5.74, 6) is -0.347. The minimum Gasteiger partial charge on any atom is -0.380 e. The first-order valence-corrected chi connectivity index (χ1v) is 7.66. The molecule has 1 atom stereocenters. The molecule has 0 bridgehead atoms. The molecule has 1 unspecified atom stereocenters. The van der Waals surface area contributed by atoms with Crippen molar-refractivity contribution < 1.29 is 17.9 Å². The van der Waals surface area contributed by atoms with Crippen molar-refractivity contribution in [2.45, 2.75) is 31.8 Å². The molecule has 0 fully saturated rings. The number of nitrogens with two attached hydrogens (primary N) is 1. The number of amides is 1. The standard InChI is InChI=1S/C13H20N2O4S/c1-8-5-11(20(14,17)18)6-12(10(8)3)13(16)15-7-9(2)19-4/h5-6,9H,7H2,1-4H3,(H,15,16)(H2,14,17,18). The zero-order valence-corrected chi connectivity index (χ0v) is 12.9. The van der Waals surface area contributed by atoms with E-state index in [1.165, 1.54) is 12.1 Å². The predicted octanol–water partition coefficient (Wildman–Crippen LogP) is 0.716. The molecule has 1 aromatic rings. The minimum absolute atomic E-state index is 0.0643. The second-order valence-corrected chi connectivity index (χ2v) is 6.28. The summed E-state index contributed by atoms with van der Waals surface area (Å²) in [5, 5.41) is 7.81. The molecule has 6 nitrogen and oxygen atoms in total. The Morgan fingerprint density at radius 2 is 2.00 bits per heavy atom. The van der Waals surface area contributed by atoms with Crippen LogP contribution >= 0.6 is 0 Å². The van der Waals surface area contributed by atoms with Crippen molar-refractivity contribution >= 4 is 15.9 Å². The minimum atomic E-state index is -3.84. The number of primary sulfonamides is 1. The average molecular weight is 300 g/mol. The first kappa shape index (κ1) is 16.6. The third-order valence-corrected chi connectivity index (χ3v) is 4.06. The van der Waals surface area contributed by atoms with Gasteiger partial charge in [-0.15, -0.1) is 0 Å². The van der Waals surface area contributed by atoms with Gasteiger partial charge in [0.05, 0.1) is 11.0 Å². The molecular formula is C13H20N2O4S. The molecule has 0 aliphatic rings. The summed E-state index contributed by atoms with van der Waals surface area (Å²) in [5.41, 5.74) is 1.72. The van der Waals surface area contributed by atoms with Crippen molar-refractivity contribution in [2.24, 2.45) is 5.14 Å². The van der Waals surface area contributed by atoms with Crippen molar-refractivity contribution in [3.05, 3.63) is 28.8 Å². The quantitative estimate of drug-likeness (QED) is 0.837. The van der Waals surface area contributed by atoms with E-state index in [0.717, 1.165) is 5.56 Å². The van der Waals surface area contributed by atoms with E-state index in [1.807, 2.05) is 6.92 Å². The highest BCUT2D eigenvalue weighted by molar-refractivity contribution is 7.89. The van der Waals surface area contributed by atoms with Gasteiger partial charge in [0.2, 0.25) is 10.0 Å². The number of carbonyl (C=O) groups is 1. The van der Waals surface area contributed by atoms with Gasteiger partial charge in [-0.05, 0) is 44.0 Å². The Hall–Kier alpha value is -1.44. The van der Waals surface area contributed by atoms with E-state index >= 15 is 0 Å². The molecule has 0 aliphatic carbocycles. The van der Waals surface area contributed by atoms with Crippen LogP contribution in [0.1, 0.15) is 28.4 Å². The van der Waals surface area contributed by atoms with Crippen LogP contribution in [-0.2, 0) is 14.8 Å². The highest BCUT2D eigenvalue weighted by atomic mass is 32.2. The van der Waals surface area contributed by atoms with E-state index in [2.05, 4.69) is 5.32 Å². The molecule has 1 amide bonds. The Balaban J connectivity index is 3.11. The van der Waals surface area contributed by atoms with Crippen LogP contribution < -0.4 is 10.5 Å². The topological polar surface area (TPSA) is 98.5 Å². The molecule has 0 aliphatic heterocycles. The van der Waals surface area contributed by atoms with Crippen LogP contribution in [0, 0.1) is 13.8 Å². The van der Waals surface area contributed by atoms with Crippen LogP contribution in [0.2, 0.25) is 0 Å². The van der Waals surface area contributed by atoms with Crippen LogP contribution in [0.15, 0.2) is 17.0 Å². The van der Waals surface area contributed by atoms with Crippen molar-refractivity contribution in [3.63, 3.8) is 0 Å². The summed E-state index contributed by atoms with van der Waals surface area (Å²) in [6.45, 7) is 5.65. The second kappa shape index (κ2) is 6.34. The molecule has 0 heterocycles.